The van der Waals surface area contributed by atoms with Crippen LogP contribution in [0.5, 0.6) is 0 Å². The first kappa shape index (κ1) is 13.9. The van der Waals surface area contributed by atoms with Crippen molar-refractivity contribution in [2.45, 2.75) is 32.4 Å². The second kappa shape index (κ2) is 6.57. The van der Waals surface area contributed by atoms with Gasteiger partial charge in [-0.15, -0.1) is 0 Å². The Balaban J connectivity index is 1.96. The van der Waals surface area contributed by atoms with Crippen molar-refractivity contribution in [3.8, 4) is 0 Å². The van der Waals surface area contributed by atoms with Crippen LogP contribution in [0.2, 0.25) is 0 Å². The van der Waals surface area contributed by atoms with Crippen LogP contribution in [0.25, 0.3) is 0 Å². The summed E-state index contributed by atoms with van der Waals surface area (Å²) in [6.45, 7) is 4.41. The normalized spacial score (nSPS) is 18.9. The van der Waals surface area contributed by atoms with Crippen LogP contribution in [0, 0.1) is 0 Å². The minimum atomic E-state index is 0.0924. The summed E-state index contributed by atoms with van der Waals surface area (Å²) in [6.07, 6.45) is 2.44. The van der Waals surface area contributed by atoms with Gasteiger partial charge in [0.25, 0.3) is 0 Å². The number of anilines is 1. The van der Waals surface area contributed by atoms with E-state index < -0.39 is 0 Å². The third-order valence-corrected chi connectivity index (χ3v) is 3.55. The summed E-state index contributed by atoms with van der Waals surface area (Å²) in [6, 6.07) is 8.83. The molecule has 0 bridgehead atoms. The number of piperidine rings is 1. The number of amides is 1. The molecule has 0 saturated carbocycles. The Labute approximate surface area is 115 Å². The van der Waals surface area contributed by atoms with Crippen molar-refractivity contribution in [2.24, 2.45) is 0 Å². The highest BCUT2D eigenvalue weighted by atomic mass is 16.2. The first-order chi connectivity index (χ1) is 9.15. The SMILES string of the molecule is CC(=O)N(C)Cc1cccc(NC2CCCNC2)c1. The monoisotopic (exact) mass is 261 g/mol. The lowest BCUT2D eigenvalue weighted by Gasteiger charge is -2.25. The summed E-state index contributed by atoms with van der Waals surface area (Å²) >= 11 is 0. The largest absolute Gasteiger partial charge is 0.381 e. The molecule has 1 atom stereocenters. The summed E-state index contributed by atoms with van der Waals surface area (Å²) in [5, 5.41) is 6.96. The molecule has 1 aliphatic rings. The van der Waals surface area contributed by atoms with Crippen LogP contribution in [-0.2, 0) is 11.3 Å². The van der Waals surface area contributed by atoms with E-state index >= 15 is 0 Å². The molecule has 1 aromatic rings. The standard InChI is InChI=1S/C15H23N3O/c1-12(19)18(2)11-13-5-3-6-14(9-13)17-15-7-4-8-16-10-15/h3,5-6,9,15-17H,4,7-8,10-11H2,1-2H3. The van der Waals surface area contributed by atoms with Crippen molar-refractivity contribution in [2.75, 3.05) is 25.5 Å². The van der Waals surface area contributed by atoms with Gasteiger partial charge in [0.2, 0.25) is 5.91 Å². The van der Waals surface area contributed by atoms with Gasteiger partial charge in [-0.05, 0) is 37.1 Å². The second-order valence-electron chi connectivity index (χ2n) is 5.26. The predicted octanol–water partition coefficient (Wildman–Crippen LogP) is 1.83. The van der Waals surface area contributed by atoms with E-state index in [4.69, 9.17) is 0 Å². The Morgan fingerprint density at radius 1 is 1.53 bits per heavy atom. The van der Waals surface area contributed by atoms with E-state index in [9.17, 15) is 4.79 Å². The Bertz CT molecular complexity index is 427. The molecule has 1 amide bonds. The van der Waals surface area contributed by atoms with Crippen LogP contribution in [0.1, 0.15) is 25.3 Å². The van der Waals surface area contributed by atoms with E-state index in [1.54, 1.807) is 11.8 Å². The third-order valence-electron chi connectivity index (χ3n) is 3.55. The number of nitrogens with zero attached hydrogens (tertiary/aromatic N) is 1. The Morgan fingerprint density at radius 3 is 3.05 bits per heavy atom. The van der Waals surface area contributed by atoms with Crippen LogP contribution in [-0.4, -0.2) is 37.0 Å². The molecule has 4 nitrogen and oxygen atoms in total. The van der Waals surface area contributed by atoms with Gasteiger partial charge >= 0.3 is 0 Å². The molecule has 1 fully saturated rings. The fraction of sp³-hybridized carbons (Fsp3) is 0.533. The third kappa shape index (κ3) is 4.24. The number of benzene rings is 1. The highest BCUT2D eigenvalue weighted by Crippen LogP contribution is 2.15. The number of hydrogen-bond donors (Lipinski definition) is 2. The van der Waals surface area contributed by atoms with Crippen LogP contribution < -0.4 is 10.6 Å². The average Bonchev–Trinajstić information content (AvgIpc) is 2.40. The van der Waals surface area contributed by atoms with Gasteiger partial charge in [-0.1, -0.05) is 12.1 Å². The lowest BCUT2D eigenvalue weighted by molar-refractivity contribution is -0.128. The molecule has 104 valence electrons. The van der Waals surface area contributed by atoms with Gasteiger partial charge in [0.1, 0.15) is 0 Å². The Hall–Kier alpha value is -1.55. The lowest BCUT2D eigenvalue weighted by Crippen LogP contribution is -2.38. The van der Waals surface area contributed by atoms with Crippen molar-refractivity contribution in [3.63, 3.8) is 0 Å². The van der Waals surface area contributed by atoms with E-state index in [1.165, 1.54) is 12.8 Å². The Kier molecular flexibility index (Phi) is 4.80. The molecule has 2 N–H and O–H groups in total. The van der Waals surface area contributed by atoms with E-state index in [0.717, 1.165) is 24.3 Å². The van der Waals surface area contributed by atoms with Gasteiger partial charge in [0, 0.05) is 38.8 Å². The van der Waals surface area contributed by atoms with Gasteiger partial charge in [0.05, 0.1) is 0 Å². The van der Waals surface area contributed by atoms with E-state index in [1.807, 2.05) is 13.1 Å². The maximum absolute atomic E-state index is 11.3. The van der Waals surface area contributed by atoms with Crippen LogP contribution in [0.4, 0.5) is 5.69 Å². The zero-order chi connectivity index (χ0) is 13.7. The molecule has 2 rings (SSSR count). The number of hydrogen-bond acceptors (Lipinski definition) is 3. The molecule has 0 spiro atoms. The van der Waals surface area contributed by atoms with Crippen molar-refractivity contribution >= 4 is 11.6 Å². The van der Waals surface area contributed by atoms with Gasteiger partial charge in [0.15, 0.2) is 0 Å². The molecule has 1 aliphatic heterocycles. The number of carbonyl (C=O) groups excluding carboxylic acids is 1. The minimum Gasteiger partial charge on any atom is -0.381 e. The predicted molar refractivity (Wildman–Crippen MR) is 78.1 cm³/mol. The van der Waals surface area contributed by atoms with Crippen LogP contribution >= 0.6 is 0 Å². The molecule has 19 heavy (non-hydrogen) atoms. The summed E-state index contributed by atoms with van der Waals surface area (Å²) in [4.78, 5) is 13.0. The fourth-order valence-corrected chi connectivity index (χ4v) is 2.36. The fourth-order valence-electron chi connectivity index (χ4n) is 2.36. The number of nitrogens with one attached hydrogen (secondary N) is 2. The van der Waals surface area contributed by atoms with Crippen molar-refractivity contribution < 1.29 is 4.79 Å². The molecule has 1 unspecified atom stereocenters. The quantitative estimate of drug-likeness (QED) is 0.869. The lowest BCUT2D eigenvalue weighted by atomic mass is 10.1. The first-order valence-electron chi connectivity index (χ1n) is 6.93. The average molecular weight is 261 g/mol. The summed E-state index contributed by atoms with van der Waals surface area (Å²) in [5.41, 5.74) is 2.30. The summed E-state index contributed by atoms with van der Waals surface area (Å²) in [7, 11) is 1.83. The molecule has 0 aromatic heterocycles. The second-order valence-corrected chi connectivity index (χ2v) is 5.26. The topological polar surface area (TPSA) is 44.4 Å². The van der Waals surface area contributed by atoms with Gasteiger partial charge in [-0.25, -0.2) is 0 Å². The number of carbonyl (C=O) groups is 1. The molecular formula is C15H23N3O. The first-order valence-corrected chi connectivity index (χ1v) is 6.93. The Morgan fingerprint density at radius 2 is 2.37 bits per heavy atom. The van der Waals surface area contributed by atoms with Crippen LogP contribution in [0.15, 0.2) is 24.3 Å². The smallest absolute Gasteiger partial charge is 0.219 e. The number of rotatable bonds is 4. The van der Waals surface area contributed by atoms with Gasteiger partial charge in [-0.3, -0.25) is 4.79 Å². The van der Waals surface area contributed by atoms with E-state index in [-0.39, 0.29) is 5.91 Å². The summed E-state index contributed by atoms with van der Waals surface area (Å²) < 4.78 is 0. The maximum Gasteiger partial charge on any atom is 0.219 e. The molecule has 1 heterocycles. The minimum absolute atomic E-state index is 0.0924. The molecule has 0 aliphatic carbocycles. The molecule has 1 saturated heterocycles. The van der Waals surface area contributed by atoms with E-state index in [2.05, 4.69) is 28.8 Å². The molecule has 4 heteroatoms. The highest BCUT2D eigenvalue weighted by molar-refractivity contribution is 5.72. The summed E-state index contributed by atoms with van der Waals surface area (Å²) in [5.74, 6) is 0.0924. The van der Waals surface area contributed by atoms with Crippen LogP contribution in [0.3, 0.4) is 0 Å². The van der Waals surface area contributed by atoms with Gasteiger partial charge in [-0.2, -0.15) is 0 Å². The highest BCUT2D eigenvalue weighted by Gasteiger charge is 2.12. The maximum atomic E-state index is 11.3. The van der Waals surface area contributed by atoms with E-state index in [0.29, 0.717) is 12.6 Å². The van der Waals surface area contributed by atoms with Crippen molar-refractivity contribution in [1.29, 1.82) is 0 Å². The molecule has 0 radical (unpaired) electrons. The molecule has 1 aromatic carbocycles. The zero-order valence-electron chi connectivity index (χ0n) is 11.8. The molecular weight excluding hydrogens is 238 g/mol. The van der Waals surface area contributed by atoms with Gasteiger partial charge < -0.3 is 15.5 Å². The van der Waals surface area contributed by atoms with Crippen molar-refractivity contribution in [1.82, 2.24) is 10.2 Å². The zero-order valence-corrected chi connectivity index (χ0v) is 11.8. The van der Waals surface area contributed by atoms with Crippen molar-refractivity contribution in [3.05, 3.63) is 29.8 Å².